The van der Waals surface area contributed by atoms with Crippen LogP contribution < -0.4 is 10.1 Å². The molecule has 4 rings (SSSR count). The van der Waals surface area contributed by atoms with Gasteiger partial charge in [0.15, 0.2) is 0 Å². The van der Waals surface area contributed by atoms with Crippen LogP contribution in [0.25, 0.3) is 11.4 Å². The molecule has 1 aliphatic rings. The van der Waals surface area contributed by atoms with Gasteiger partial charge >= 0.3 is 0 Å². The van der Waals surface area contributed by atoms with Crippen LogP contribution in [0.2, 0.25) is 0 Å². The van der Waals surface area contributed by atoms with Crippen LogP contribution in [0.3, 0.4) is 0 Å². The van der Waals surface area contributed by atoms with Crippen LogP contribution >= 0.6 is 0 Å². The standard InChI is InChI=1S/C21H24N4O2/c1-13-4-5-15(10-18(13)26-3)6-7-19-24-21(25-27-19)20-14(2)23-12-16-11-22-9-8-17(16)20/h4-5,10,12,22H,6-9,11H2,1-3H3. The lowest BCUT2D eigenvalue weighted by atomic mass is 9.95. The normalized spacial score (nSPS) is 13.4. The van der Waals surface area contributed by atoms with E-state index in [1.165, 1.54) is 16.7 Å². The van der Waals surface area contributed by atoms with Crippen molar-refractivity contribution in [2.24, 2.45) is 0 Å². The molecule has 140 valence electrons. The van der Waals surface area contributed by atoms with E-state index in [9.17, 15) is 0 Å². The van der Waals surface area contributed by atoms with E-state index in [1.54, 1.807) is 7.11 Å². The highest BCUT2D eigenvalue weighted by Gasteiger charge is 2.21. The van der Waals surface area contributed by atoms with Gasteiger partial charge in [0.2, 0.25) is 11.7 Å². The van der Waals surface area contributed by atoms with Crippen molar-refractivity contribution in [3.63, 3.8) is 0 Å². The fourth-order valence-electron chi connectivity index (χ4n) is 3.60. The monoisotopic (exact) mass is 364 g/mol. The highest BCUT2D eigenvalue weighted by atomic mass is 16.5. The zero-order valence-corrected chi connectivity index (χ0v) is 16.0. The first-order valence-corrected chi connectivity index (χ1v) is 9.30. The number of fused-ring (bicyclic) bond motifs is 1. The molecule has 0 radical (unpaired) electrons. The molecule has 0 saturated heterocycles. The Kier molecular flexibility index (Phi) is 4.90. The molecule has 0 bridgehead atoms. The number of aromatic nitrogens is 3. The number of pyridine rings is 1. The van der Waals surface area contributed by atoms with E-state index >= 15 is 0 Å². The van der Waals surface area contributed by atoms with Crippen molar-refractivity contribution in [3.8, 4) is 17.1 Å². The molecule has 3 heterocycles. The number of aryl methyl sites for hydroxylation is 4. The van der Waals surface area contributed by atoms with E-state index in [4.69, 9.17) is 9.26 Å². The van der Waals surface area contributed by atoms with Gasteiger partial charge in [-0.25, -0.2) is 0 Å². The second kappa shape index (κ2) is 7.48. The van der Waals surface area contributed by atoms with Gasteiger partial charge in [0.05, 0.1) is 7.11 Å². The summed E-state index contributed by atoms with van der Waals surface area (Å²) in [5.74, 6) is 2.20. The summed E-state index contributed by atoms with van der Waals surface area (Å²) in [5, 5.41) is 7.63. The van der Waals surface area contributed by atoms with Crippen LogP contribution in [0.1, 0.15) is 33.8 Å². The Morgan fingerprint density at radius 1 is 1.22 bits per heavy atom. The molecule has 6 nitrogen and oxygen atoms in total. The van der Waals surface area contributed by atoms with Crippen molar-refractivity contribution >= 4 is 0 Å². The molecule has 0 unspecified atom stereocenters. The van der Waals surface area contributed by atoms with Crippen molar-refractivity contribution in [2.75, 3.05) is 13.7 Å². The molecule has 27 heavy (non-hydrogen) atoms. The molecule has 0 aliphatic carbocycles. The van der Waals surface area contributed by atoms with Crippen molar-refractivity contribution in [1.82, 2.24) is 20.4 Å². The number of hydrogen-bond donors (Lipinski definition) is 1. The maximum Gasteiger partial charge on any atom is 0.227 e. The molecule has 1 aromatic carbocycles. The van der Waals surface area contributed by atoms with Crippen LogP contribution in [0.5, 0.6) is 5.75 Å². The Balaban J connectivity index is 1.55. The van der Waals surface area contributed by atoms with Gasteiger partial charge in [0.1, 0.15) is 5.75 Å². The van der Waals surface area contributed by atoms with Crippen molar-refractivity contribution in [1.29, 1.82) is 0 Å². The summed E-state index contributed by atoms with van der Waals surface area (Å²) < 4.78 is 10.9. The van der Waals surface area contributed by atoms with Gasteiger partial charge in [-0.2, -0.15) is 4.98 Å². The minimum absolute atomic E-state index is 0.648. The molecule has 0 fully saturated rings. The van der Waals surface area contributed by atoms with Gasteiger partial charge < -0.3 is 14.6 Å². The Morgan fingerprint density at radius 3 is 2.96 bits per heavy atom. The first-order chi connectivity index (χ1) is 13.2. The number of nitrogens with one attached hydrogen (secondary N) is 1. The molecule has 3 aromatic rings. The lowest BCUT2D eigenvalue weighted by Gasteiger charge is -2.19. The molecule has 0 spiro atoms. The van der Waals surface area contributed by atoms with Crippen molar-refractivity contribution < 1.29 is 9.26 Å². The van der Waals surface area contributed by atoms with Crippen molar-refractivity contribution in [3.05, 3.63) is 58.2 Å². The van der Waals surface area contributed by atoms with Gasteiger partial charge in [-0.3, -0.25) is 4.98 Å². The summed E-state index contributed by atoms with van der Waals surface area (Å²) in [5.41, 5.74) is 6.81. The Bertz CT molecular complexity index is 965. The third kappa shape index (κ3) is 3.57. The number of ether oxygens (including phenoxy) is 1. The van der Waals surface area contributed by atoms with Gasteiger partial charge in [-0.1, -0.05) is 17.3 Å². The number of rotatable bonds is 5. The van der Waals surface area contributed by atoms with Crippen LogP contribution in [-0.2, 0) is 25.8 Å². The van der Waals surface area contributed by atoms with E-state index in [0.29, 0.717) is 18.1 Å². The van der Waals surface area contributed by atoms with Gasteiger partial charge in [-0.15, -0.1) is 0 Å². The van der Waals surface area contributed by atoms with E-state index in [-0.39, 0.29) is 0 Å². The molecular weight excluding hydrogens is 340 g/mol. The molecule has 0 saturated carbocycles. The molecule has 6 heteroatoms. The number of benzene rings is 1. The molecular formula is C21H24N4O2. The second-order valence-corrected chi connectivity index (χ2v) is 6.96. The molecule has 1 N–H and O–H groups in total. The summed E-state index contributed by atoms with van der Waals surface area (Å²) in [6, 6.07) is 6.26. The number of nitrogens with zero attached hydrogens (tertiary/aromatic N) is 3. The van der Waals surface area contributed by atoms with Gasteiger partial charge in [0.25, 0.3) is 0 Å². The SMILES string of the molecule is COc1cc(CCc2nc(-c3c(C)ncc4c3CCNC4)no2)ccc1C. The average Bonchev–Trinajstić information content (AvgIpc) is 3.15. The maximum absolute atomic E-state index is 5.53. The third-order valence-electron chi connectivity index (χ3n) is 5.12. The van der Waals surface area contributed by atoms with Gasteiger partial charge in [0, 0.05) is 30.4 Å². The van der Waals surface area contributed by atoms with Crippen molar-refractivity contribution in [2.45, 2.75) is 39.7 Å². The number of methoxy groups -OCH3 is 1. The zero-order valence-electron chi connectivity index (χ0n) is 16.0. The van der Waals surface area contributed by atoms with Crippen LogP contribution in [0.15, 0.2) is 28.9 Å². The third-order valence-corrected chi connectivity index (χ3v) is 5.12. The average molecular weight is 364 g/mol. The summed E-state index contributed by atoms with van der Waals surface area (Å²) in [6.45, 7) is 5.85. The lowest BCUT2D eigenvalue weighted by Crippen LogP contribution is -2.24. The smallest absolute Gasteiger partial charge is 0.227 e. The summed E-state index contributed by atoms with van der Waals surface area (Å²) >= 11 is 0. The Morgan fingerprint density at radius 2 is 2.11 bits per heavy atom. The first kappa shape index (κ1) is 17.7. The van der Waals surface area contributed by atoms with E-state index in [1.807, 2.05) is 20.0 Å². The van der Waals surface area contributed by atoms with Gasteiger partial charge in [-0.05, 0) is 61.6 Å². The fourth-order valence-corrected chi connectivity index (χ4v) is 3.60. The predicted molar refractivity (Wildman–Crippen MR) is 103 cm³/mol. The molecule has 0 atom stereocenters. The largest absolute Gasteiger partial charge is 0.496 e. The molecule has 1 aliphatic heterocycles. The Hall–Kier alpha value is -2.73. The van der Waals surface area contributed by atoms with E-state index in [2.05, 4.69) is 38.6 Å². The topological polar surface area (TPSA) is 73.1 Å². The van der Waals surface area contributed by atoms with E-state index in [0.717, 1.165) is 48.5 Å². The lowest BCUT2D eigenvalue weighted by molar-refractivity contribution is 0.378. The highest BCUT2D eigenvalue weighted by molar-refractivity contribution is 5.64. The predicted octanol–water partition coefficient (Wildman–Crippen LogP) is 3.19. The molecule has 0 amide bonds. The highest BCUT2D eigenvalue weighted by Crippen LogP contribution is 2.29. The molecule has 2 aromatic heterocycles. The summed E-state index contributed by atoms with van der Waals surface area (Å²) in [4.78, 5) is 9.18. The van der Waals surface area contributed by atoms with Crippen LogP contribution in [-0.4, -0.2) is 28.8 Å². The fraction of sp³-hybridized carbons (Fsp3) is 0.381. The first-order valence-electron chi connectivity index (χ1n) is 9.30. The second-order valence-electron chi connectivity index (χ2n) is 6.96. The minimum atomic E-state index is 0.648. The van der Waals surface area contributed by atoms with E-state index < -0.39 is 0 Å². The maximum atomic E-state index is 5.53. The summed E-state index contributed by atoms with van der Waals surface area (Å²) in [7, 11) is 1.70. The quantitative estimate of drug-likeness (QED) is 0.750. The van der Waals surface area contributed by atoms with Crippen LogP contribution in [0, 0.1) is 13.8 Å². The summed E-state index contributed by atoms with van der Waals surface area (Å²) in [6.07, 6.45) is 4.43. The van der Waals surface area contributed by atoms with Crippen LogP contribution in [0.4, 0.5) is 0 Å². The number of hydrogen-bond acceptors (Lipinski definition) is 6. The minimum Gasteiger partial charge on any atom is -0.496 e. The zero-order chi connectivity index (χ0) is 18.8. The Labute approximate surface area is 159 Å².